The second kappa shape index (κ2) is 7.91. The van der Waals surface area contributed by atoms with Crippen molar-refractivity contribution in [3.8, 4) is 11.3 Å². The van der Waals surface area contributed by atoms with Gasteiger partial charge in [0.2, 0.25) is 0 Å². The molecular formula is C20H13Cl2FN2O2S. The van der Waals surface area contributed by atoms with E-state index in [1.165, 1.54) is 17.8 Å². The minimum absolute atomic E-state index is 0.258. The molecule has 142 valence electrons. The van der Waals surface area contributed by atoms with Crippen molar-refractivity contribution in [1.82, 2.24) is 5.32 Å². The Morgan fingerprint density at radius 1 is 1.11 bits per heavy atom. The number of amides is 1. The summed E-state index contributed by atoms with van der Waals surface area (Å²) in [7, 11) is 0. The molecule has 4 nitrogen and oxygen atoms in total. The lowest BCUT2D eigenvalue weighted by Gasteiger charge is -2.12. The van der Waals surface area contributed by atoms with Crippen LogP contribution in [-0.2, 0) is 4.79 Å². The van der Waals surface area contributed by atoms with E-state index >= 15 is 0 Å². The van der Waals surface area contributed by atoms with Gasteiger partial charge in [-0.1, -0.05) is 47.1 Å². The molecule has 2 aromatic carbocycles. The second-order valence-electron chi connectivity index (χ2n) is 5.94. The third kappa shape index (κ3) is 4.04. The number of hydrogen-bond acceptors (Lipinski definition) is 4. The van der Waals surface area contributed by atoms with Gasteiger partial charge in [0.05, 0.1) is 20.6 Å². The maximum atomic E-state index is 13.8. The first-order valence-electron chi connectivity index (χ1n) is 8.25. The summed E-state index contributed by atoms with van der Waals surface area (Å²) in [6.07, 6.45) is 1.64. The van der Waals surface area contributed by atoms with E-state index < -0.39 is 5.50 Å². The van der Waals surface area contributed by atoms with Crippen molar-refractivity contribution in [3.63, 3.8) is 0 Å². The molecular weight excluding hydrogens is 422 g/mol. The van der Waals surface area contributed by atoms with Crippen LogP contribution in [0, 0.1) is 5.82 Å². The SMILES string of the molecule is O=C1NC(Nc2ccccc2F)S/C1=C\c1ccc(-c2ccc(Cl)c(Cl)c2)o1. The van der Waals surface area contributed by atoms with E-state index in [9.17, 15) is 9.18 Å². The molecule has 1 aliphatic heterocycles. The molecule has 0 saturated carbocycles. The summed E-state index contributed by atoms with van der Waals surface area (Å²) in [5, 5.41) is 6.61. The zero-order valence-corrected chi connectivity index (χ0v) is 16.5. The summed E-state index contributed by atoms with van der Waals surface area (Å²) in [5.74, 6) is 0.485. The van der Waals surface area contributed by atoms with Crippen molar-refractivity contribution in [1.29, 1.82) is 0 Å². The van der Waals surface area contributed by atoms with Gasteiger partial charge in [0.15, 0.2) is 5.50 Å². The zero-order chi connectivity index (χ0) is 19.7. The highest BCUT2D eigenvalue weighted by Crippen LogP contribution is 2.33. The average molecular weight is 435 g/mol. The molecule has 8 heteroatoms. The zero-order valence-electron chi connectivity index (χ0n) is 14.2. The van der Waals surface area contributed by atoms with Crippen molar-refractivity contribution in [2.24, 2.45) is 0 Å². The Balaban J connectivity index is 1.50. The number of thioether (sulfide) groups is 1. The van der Waals surface area contributed by atoms with Gasteiger partial charge in [-0.05, 0) is 42.5 Å². The Morgan fingerprint density at radius 3 is 2.71 bits per heavy atom. The van der Waals surface area contributed by atoms with Crippen LogP contribution >= 0.6 is 35.0 Å². The van der Waals surface area contributed by atoms with Crippen molar-refractivity contribution in [3.05, 3.63) is 81.1 Å². The van der Waals surface area contributed by atoms with Crippen LogP contribution in [0.5, 0.6) is 0 Å². The maximum Gasteiger partial charge on any atom is 0.260 e. The predicted molar refractivity (Wildman–Crippen MR) is 112 cm³/mol. The third-order valence-electron chi connectivity index (χ3n) is 4.00. The Bertz CT molecular complexity index is 1080. The summed E-state index contributed by atoms with van der Waals surface area (Å²) < 4.78 is 19.6. The van der Waals surface area contributed by atoms with Gasteiger partial charge in [0, 0.05) is 11.6 Å². The van der Waals surface area contributed by atoms with Gasteiger partial charge >= 0.3 is 0 Å². The number of halogens is 3. The molecule has 1 atom stereocenters. The van der Waals surface area contributed by atoms with Gasteiger partial charge in [-0.15, -0.1) is 0 Å². The van der Waals surface area contributed by atoms with Crippen LogP contribution in [0.15, 0.2) is 63.9 Å². The summed E-state index contributed by atoms with van der Waals surface area (Å²) in [6.45, 7) is 0. The largest absolute Gasteiger partial charge is 0.457 e. The number of carbonyl (C=O) groups is 1. The Hall–Kier alpha value is -2.41. The van der Waals surface area contributed by atoms with E-state index in [4.69, 9.17) is 27.6 Å². The second-order valence-corrected chi connectivity index (χ2v) is 7.90. The fourth-order valence-electron chi connectivity index (χ4n) is 2.65. The Labute approximate surface area is 174 Å². The lowest BCUT2D eigenvalue weighted by Crippen LogP contribution is -2.31. The summed E-state index contributed by atoms with van der Waals surface area (Å²) >= 11 is 13.2. The topological polar surface area (TPSA) is 54.3 Å². The molecule has 1 aromatic heterocycles. The minimum atomic E-state index is -0.472. The predicted octanol–water partition coefficient (Wildman–Crippen LogP) is 5.99. The quantitative estimate of drug-likeness (QED) is 0.494. The number of anilines is 1. The van der Waals surface area contributed by atoms with Gasteiger partial charge < -0.3 is 15.1 Å². The van der Waals surface area contributed by atoms with E-state index in [0.29, 0.717) is 32.2 Å². The van der Waals surface area contributed by atoms with Crippen molar-refractivity contribution < 1.29 is 13.6 Å². The normalized spacial score (nSPS) is 17.8. The standard InChI is InChI=1S/C20H13Cl2FN2O2S/c21-13-7-5-11(9-14(13)22)17-8-6-12(27-17)10-18-19(26)25-20(28-18)24-16-4-2-1-3-15(16)23/h1-10,20,24H,(H,25,26)/b18-10-. The average Bonchev–Trinajstić information content (AvgIpc) is 3.27. The highest BCUT2D eigenvalue weighted by atomic mass is 35.5. The smallest absolute Gasteiger partial charge is 0.260 e. The number of carbonyl (C=O) groups excluding carboxylic acids is 1. The van der Waals surface area contributed by atoms with Crippen LogP contribution in [-0.4, -0.2) is 11.4 Å². The molecule has 1 amide bonds. The molecule has 1 saturated heterocycles. The first-order valence-corrected chi connectivity index (χ1v) is 9.89. The molecule has 4 rings (SSSR count). The molecule has 3 aromatic rings. The van der Waals surface area contributed by atoms with Crippen molar-refractivity contribution in [2.75, 3.05) is 5.32 Å². The molecule has 28 heavy (non-hydrogen) atoms. The van der Waals surface area contributed by atoms with Crippen LogP contribution < -0.4 is 10.6 Å². The highest BCUT2D eigenvalue weighted by Gasteiger charge is 2.28. The van der Waals surface area contributed by atoms with E-state index in [-0.39, 0.29) is 11.7 Å². The molecule has 0 spiro atoms. The number of hydrogen-bond donors (Lipinski definition) is 2. The third-order valence-corrected chi connectivity index (χ3v) is 5.76. The Kier molecular flexibility index (Phi) is 5.35. The highest BCUT2D eigenvalue weighted by molar-refractivity contribution is 8.05. The number of nitrogens with one attached hydrogen (secondary N) is 2. The van der Waals surface area contributed by atoms with E-state index in [0.717, 1.165) is 5.56 Å². The van der Waals surface area contributed by atoms with E-state index in [1.54, 1.807) is 54.6 Å². The Morgan fingerprint density at radius 2 is 1.93 bits per heavy atom. The maximum absolute atomic E-state index is 13.8. The lowest BCUT2D eigenvalue weighted by atomic mass is 10.2. The van der Waals surface area contributed by atoms with Crippen LogP contribution in [0.1, 0.15) is 5.76 Å². The molecule has 2 heterocycles. The number of furan rings is 1. The molecule has 0 aliphatic carbocycles. The van der Waals surface area contributed by atoms with Gasteiger partial charge in [0.25, 0.3) is 5.91 Å². The summed E-state index contributed by atoms with van der Waals surface area (Å²) in [4.78, 5) is 12.7. The van der Waals surface area contributed by atoms with Gasteiger partial charge in [-0.2, -0.15) is 0 Å². The van der Waals surface area contributed by atoms with Crippen LogP contribution in [0.3, 0.4) is 0 Å². The lowest BCUT2D eigenvalue weighted by molar-refractivity contribution is -0.116. The van der Waals surface area contributed by atoms with Crippen LogP contribution in [0.25, 0.3) is 17.4 Å². The van der Waals surface area contributed by atoms with Gasteiger partial charge in [-0.3, -0.25) is 4.79 Å². The van der Waals surface area contributed by atoms with Crippen molar-refractivity contribution >= 4 is 52.6 Å². The summed E-state index contributed by atoms with van der Waals surface area (Å²) in [5.41, 5.74) is 0.628. The number of rotatable bonds is 4. The molecule has 0 bridgehead atoms. The van der Waals surface area contributed by atoms with Gasteiger partial charge in [-0.25, -0.2) is 4.39 Å². The monoisotopic (exact) mass is 434 g/mol. The first-order chi connectivity index (χ1) is 13.5. The number of benzene rings is 2. The fourth-order valence-corrected chi connectivity index (χ4v) is 3.90. The molecule has 0 radical (unpaired) electrons. The molecule has 1 aliphatic rings. The first kappa shape index (κ1) is 18.9. The number of para-hydroxylation sites is 1. The van der Waals surface area contributed by atoms with Crippen molar-refractivity contribution in [2.45, 2.75) is 5.50 Å². The molecule has 1 unspecified atom stereocenters. The minimum Gasteiger partial charge on any atom is -0.457 e. The van der Waals surface area contributed by atoms with Gasteiger partial charge in [0.1, 0.15) is 17.3 Å². The van der Waals surface area contributed by atoms with E-state index in [1.807, 2.05) is 0 Å². The molecule has 1 fully saturated rings. The summed E-state index contributed by atoms with van der Waals surface area (Å²) in [6, 6.07) is 15.0. The van der Waals surface area contributed by atoms with Crippen LogP contribution in [0.2, 0.25) is 10.0 Å². The molecule has 2 N–H and O–H groups in total. The fraction of sp³-hybridized carbons (Fsp3) is 0.0500. The van der Waals surface area contributed by atoms with E-state index in [2.05, 4.69) is 10.6 Å². The van der Waals surface area contributed by atoms with Crippen LogP contribution in [0.4, 0.5) is 10.1 Å².